The van der Waals surface area contributed by atoms with E-state index in [-0.39, 0.29) is 25.9 Å². The monoisotopic (exact) mass is 481 g/mol. The van der Waals surface area contributed by atoms with E-state index in [0.29, 0.717) is 47.3 Å². The summed E-state index contributed by atoms with van der Waals surface area (Å²) < 4.78 is 23.3. The van der Waals surface area contributed by atoms with Crippen LogP contribution in [0.5, 0.6) is 5.75 Å². The number of anilines is 1. The maximum atomic E-state index is 11.6. The Hall–Kier alpha value is -3.79. The number of carbonyl (C=O) groups excluding carboxylic acids is 1. The van der Waals surface area contributed by atoms with Crippen molar-refractivity contribution in [2.45, 2.75) is 32.0 Å². The number of esters is 1. The first kappa shape index (κ1) is 24.3. The molecular weight excluding hydrogens is 454 g/mol. The molecule has 12 nitrogen and oxygen atoms in total. The third-order valence-electron chi connectivity index (χ3n) is 5.33. The Bertz CT molecular complexity index is 1190. The molecule has 1 unspecified atom stereocenters. The SMILES string of the molecule is CCOC(=O)C(N)OCCOc1cc2ncn(-c3ccc(C#N)cn3)c2nc1NC1CCOCC1. The second kappa shape index (κ2) is 11.6. The Labute approximate surface area is 202 Å². The number of ether oxygens (including phenoxy) is 4. The van der Waals surface area contributed by atoms with Crippen LogP contribution in [-0.4, -0.2) is 70.8 Å². The van der Waals surface area contributed by atoms with Gasteiger partial charge in [0.1, 0.15) is 30.3 Å². The Kier molecular flexibility index (Phi) is 8.04. The van der Waals surface area contributed by atoms with Gasteiger partial charge in [0.25, 0.3) is 0 Å². The van der Waals surface area contributed by atoms with Crippen LogP contribution in [0.2, 0.25) is 0 Å². The van der Waals surface area contributed by atoms with Crippen molar-refractivity contribution >= 4 is 23.0 Å². The molecule has 3 aromatic rings. The molecule has 0 saturated carbocycles. The smallest absolute Gasteiger partial charge is 0.350 e. The number of nitrogens with zero attached hydrogens (tertiary/aromatic N) is 5. The van der Waals surface area contributed by atoms with Gasteiger partial charge in [-0.2, -0.15) is 5.26 Å². The minimum absolute atomic E-state index is 0.0817. The van der Waals surface area contributed by atoms with Gasteiger partial charge >= 0.3 is 5.97 Å². The molecule has 1 fully saturated rings. The van der Waals surface area contributed by atoms with Gasteiger partial charge in [0.15, 0.2) is 17.2 Å². The molecule has 3 N–H and O–H groups in total. The number of fused-ring (bicyclic) bond motifs is 1. The van der Waals surface area contributed by atoms with Crippen molar-refractivity contribution in [2.24, 2.45) is 5.73 Å². The summed E-state index contributed by atoms with van der Waals surface area (Å²) >= 11 is 0. The lowest BCUT2D eigenvalue weighted by molar-refractivity contribution is -0.156. The van der Waals surface area contributed by atoms with Crippen molar-refractivity contribution in [1.82, 2.24) is 19.5 Å². The van der Waals surface area contributed by atoms with E-state index in [4.69, 9.17) is 34.9 Å². The first-order valence-electron chi connectivity index (χ1n) is 11.3. The van der Waals surface area contributed by atoms with Crippen LogP contribution in [0, 0.1) is 11.3 Å². The number of rotatable bonds is 10. The van der Waals surface area contributed by atoms with Crippen LogP contribution in [-0.2, 0) is 19.0 Å². The van der Waals surface area contributed by atoms with E-state index in [2.05, 4.69) is 21.4 Å². The van der Waals surface area contributed by atoms with E-state index in [1.165, 1.54) is 6.20 Å². The van der Waals surface area contributed by atoms with Crippen molar-refractivity contribution in [3.05, 3.63) is 36.3 Å². The highest BCUT2D eigenvalue weighted by molar-refractivity contribution is 5.78. The quantitative estimate of drug-likeness (QED) is 0.245. The maximum Gasteiger partial charge on any atom is 0.350 e. The van der Waals surface area contributed by atoms with Crippen molar-refractivity contribution in [2.75, 3.05) is 38.4 Å². The van der Waals surface area contributed by atoms with Crippen molar-refractivity contribution in [3.8, 4) is 17.6 Å². The Balaban J connectivity index is 1.54. The van der Waals surface area contributed by atoms with E-state index in [0.717, 1.165) is 12.8 Å². The molecule has 1 aliphatic rings. The van der Waals surface area contributed by atoms with E-state index in [1.54, 1.807) is 36.0 Å². The molecule has 184 valence electrons. The van der Waals surface area contributed by atoms with Gasteiger partial charge < -0.3 is 24.3 Å². The molecule has 0 spiro atoms. The molecule has 1 atom stereocenters. The number of pyridine rings is 2. The molecule has 1 saturated heterocycles. The second-order valence-corrected chi connectivity index (χ2v) is 7.73. The van der Waals surface area contributed by atoms with Crippen molar-refractivity contribution < 1.29 is 23.7 Å². The molecule has 0 amide bonds. The van der Waals surface area contributed by atoms with Gasteiger partial charge in [0, 0.05) is 31.5 Å². The summed E-state index contributed by atoms with van der Waals surface area (Å²) in [7, 11) is 0. The summed E-state index contributed by atoms with van der Waals surface area (Å²) in [6.45, 7) is 3.48. The van der Waals surface area contributed by atoms with Crippen LogP contribution in [0.25, 0.3) is 17.0 Å². The number of hydrogen-bond acceptors (Lipinski definition) is 11. The summed E-state index contributed by atoms with van der Waals surface area (Å²) in [5.74, 6) is 1.01. The largest absolute Gasteiger partial charge is 0.487 e. The number of carbonyl (C=O) groups is 1. The molecule has 0 bridgehead atoms. The van der Waals surface area contributed by atoms with Gasteiger partial charge in [0.2, 0.25) is 6.23 Å². The molecule has 4 rings (SSSR count). The number of nitrogens with one attached hydrogen (secondary N) is 1. The van der Waals surface area contributed by atoms with Crippen LogP contribution < -0.4 is 15.8 Å². The Morgan fingerprint density at radius 3 is 2.89 bits per heavy atom. The van der Waals surface area contributed by atoms with Crippen LogP contribution in [0.1, 0.15) is 25.3 Å². The minimum atomic E-state index is -1.17. The average molecular weight is 482 g/mol. The fourth-order valence-corrected chi connectivity index (χ4v) is 3.55. The van der Waals surface area contributed by atoms with Gasteiger partial charge in [-0.15, -0.1) is 0 Å². The van der Waals surface area contributed by atoms with Gasteiger partial charge in [-0.3, -0.25) is 10.3 Å². The van der Waals surface area contributed by atoms with Gasteiger partial charge in [0.05, 0.1) is 18.8 Å². The topological polar surface area (TPSA) is 159 Å². The summed E-state index contributed by atoms with van der Waals surface area (Å²) in [6.07, 6.45) is 3.63. The second-order valence-electron chi connectivity index (χ2n) is 7.73. The Morgan fingerprint density at radius 2 is 2.17 bits per heavy atom. The van der Waals surface area contributed by atoms with Crippen LogP contribution in [0.4, 0.5) is 5.82 Å². The summed E-state index contributed by atoms with van der Waals surface area (Å²) in [5.41, 5.74) is 7.32. The number of imidazole rings is 1. The average Bonchev–Trinajstić information content (AvgIpc) is 3.30. The number of hydrogen-bond donors (Lipinski definition) is 2. The standard InChI is InChI=1S/C23H27N7O5/c1-2-33-23(31)20(25)35-10-9-34-18-11-17-22(29-21(18)28-16-5-7-32-8-6-16)30(14-27-17)19-4-3-15(12-24)13-26-19/h3-4,11,13-14,16,20H,2,5-10,25H2,1H3,(H,28,29). The fourth-order valence-electron chi connectivity index (χ4n) is 3.55. The van der Waals surface area contributed by atoms with Gasteiger partial charge in [-0.25, -0.2) is 19.7 Å². The fraction of sp³-hybridized carbons (Fsp3) is 0.435. The molecule has 0 aliphatic carbocycles. The van der Waals surface area contributed by atoms with E-state index in [9.17, 15) is 4.79 Å². The van der Waals surface area contributed by atoms with Gasteiger partial charge in [-0.1, -0.05) is 0 Å². The molecule has 0 radical (unpaired) electrons. The minimum Gasteiger partial charge on any atom is -0.487 e. The van der Waals surface area contributed by atoms with Crippen molar-refractivity contribution in [1.29, 1.82) is 5.26 Å². The zero-order chi connectivity index (χ0) is 24.6. The molecule has 0 aromatic carbocycles. The third-order valence-corrected chi connectivity index (χ3v) is 5.33. The highest BCUT2D eigenvalue weighted by atomic mass is 16.6. The predicted molar refractivity (Wildman–Crippen MR) is 125 cm³/mol. The first-order chi connectivity index (χ1) is 17.1. The summed E-state index contributed by atoms with van der Waals surface area (Å²) in [5, 5.41) is 12.5. The summed E-state index contributed by atoms with van der Waals surface area (Å²) in [4.78, 5) is 25.2. The van der Waals surface area contributed by atoms with Crippen molar-refractivity contribution in [3.63, 3.8) is 0 Å². The normalized spacial score (nSPS) is 14.9. The molecule has 12 heteroatoms. The zero-order valence-corrected chi connectivity index (χ0v) is 19.3. The number of aromatic nitrogens is 4. The lowest BCUT2D eigenvalue weighted by Gasteiger charge is -2.24. The van der Waals surface area contributed by atoms with E-state index in [1.807, 2.05) is 0 Å². The number of nitrogens with two attached hydrogens (primary N) is 1. The maximum absolute atomic E-state index is 11.6. The zero-order valence-electron chi connectivity index (χ0n) is 19.3. The lowest BCUT2D eigenvalue weighted by atomic mass is 10.1. The predicted octanol–water partition coefficient (Wildman–Crippen LogP) is 1.52. The molecule has 1 aliphatic heterocycles. The molecule has 4 heterocycles. The number of nitriles is 1. The van der Waals surface area contributed by atoms with Crippen LogP contribution >= 0.6 is 0 Å². The van der Waals surface area contributed by atoms with E-state index < -0.39 is 12.2 Å². The summed E-state index contributed by atoms with van der Waals surface area (Å²) in [6, 6.07) is 7.45. The lowest BCUT2D eigenvalue weighted by Crippen LogP contribution is -2.36. The first-order valence-corrected chi connectivity index (χ1v) is 11.3. The molecular formula is C23H27N7O5. The molecule has 3 aromatic heterocycles. The third kappa shape index (κ3) is 6.02. The highest BCUT2D eigenvalue weighted by Crippen LogP contribution is 2.29. The Morgan fingerprint density at radius 1 is 1.34 bits per heavy atom. The highest BCUT2D eigenvalue weighted by Gasteiger charge is 2.20. The van der Waals surface area contributed by atoms with E-state index >= 15 is 0 Å². The van der Waals surface area contributed by atoms with Crippen LogP contribution in [0.15, 0.2) is 30.7 Å². The van der Waals surface area contributed by atoms with Gasteiger partial charge in [-0.05, 0) is 31.9 Å². The molecule has 35 heavy (non-hydrogen) atoms. The van der Waals surface area contributed by atoms with Crippen LogP contribution in [0.3, 0.4) is 0 Å².